The summed E-state index contributed by atoms with van der Waals surface area (Å²) in [4.78, 5) is 58.2. The van der Waals surface area contributed by atoms with Gasteiger partial charge in [-0.15, -0.1) is 23.5 Å². The van der Waals surface area contributed by atoms with Crippen LogP contribution in [0.3, 0.4) is 0 Å². The number of hydrogen-bond acceptors (Lipinski definition) is 25. The number of H-pyrrole nitrogens is 2. The van der Waals surface area contributed by atoms with E-state index in [-0.39, 0.29) is 86.7 Å². The number of ether oxygens (including phenoxy) is 9. The fourth-order valence-electron chi connectivity index (χ4n) is 20.9. The Morgan fingerprint density at radius 1 is 0.570 bits per heavy atom. The summed E-state index contributed by atoms with van der Waals surface area (Å²) in [5.41, 5.74) is 12.6. The number of thioether (sulfide) groups is 2. The van der Waals surface area contributed by atoms with E-state index in [0.29, 0.717) is 99.7 Å². The highest BCUT2D eigenvalue weighted by Crippen LogP contribution is 2.67. The molecule has 8 aromatic rings. The maximum Gasteiger partial charge on any atom is 0.308 e. The number of phenolic OH excluding ortho intramolecular Hbond substituents is 3. The number of aromatic amines is 2. The van der Waals surface area contributed by atoms with Crippen LogP contribution in [0.1, 0.15) is 131 Å². The zero-order valence-corrected chi connectivity index (χ0v) is 62.5. The number of likely N-dealkylation sites (N-methyl/N-ethyl adjacent to an activating group) is 2. The minimum absolute atomic E-state index is 0.00644. The normalized spacial score (nSPS) is 30.2. The fourth-order valence-corrected chi connectivity index (χ4v) is 24.4. The Morgan fingerprint density at radius 2 is 1.01 bits per heavy atom. The number of ketones is 2. The minimum Gasteiger partial charge on any atom is -0.507 e. The number of methoxy groups -OCH3 is 2. The summed E-state index contributed by atoms with van der Waals surface area (Å²) in [7, 11) is 7.12. The highest BCUT2D eigenvalue weighted by atomic mass is 32.2. The topological polar surface area (TPSA) is 304 Å². The number of aliphatic hydroxyl groups is 2. The maximum absolute atomic E-state index is 14.8. The largest absolute Gasteiger partial charge is 0.507 e. The molecule has 0 amide bonds. The first kappa shape index (κ1) is 69.2. The van der Waals surface area contributed by atoms with Crippen LogP contribution in [0.15, 0.2) is 60.7 Å². The minimum atomic E-state index is -1.15. The summed E-state index contributed by atoms with van der Waals surface area (Å²) >= 11 is 3.16. The number of rotatable bonds is 3. The molecule has 27 heteroatoms. The standard InChI is InChI=1S/C41H44N4O9S.C39H42N4O8S/c1-18-12-21-13-25-40(49)45-26-14-51-15-27(47)41(39-23(10-11-42-41)22-8-6-7-9-24(22)43-39)16-55-38(32(45)31(44(25)4)28(21)33(48)34(18)50-5)30-29(26)37-36(52-17-53-37)19(2)35(30)54-20(3)46;1-17-11-19-12-23-38(47)43-24-13-49-14-25(44)39(37-21(9-10-40-39)20-7-5-6-8-22(20)41-37)15-52-36(28-27(24)35-34(50-16-51-35)18(2)31(28)45)30(43)29(42(23)3)26(19)32(46)33(17)48-4/h6-9,12,25-26,31-32,38,40,42-43,48-49H,10-11,13-17H2,1-5H3;5-8,11,23-24,29-30,36,38,40-41,45-47H,9-10,12-16H2,1-4H3/t25-,26-,31+,32?,38+,40-,41-;23-,24-,29+,30?,36+,38-,39-/m00/s1. The van der Waals surface area contributed by atoms with E-state index >= 15 is 0 Å². The van der Waals surface area contributed by atoms with Crippen LogP contribution >= 0.6 is 23.5 Å². The average Bonchev–Trinajstić information content (AvgIpc) is 1.21. The molecule has 560 valence electrons. The number of piperazine rings is 2. The molecule has 0 saturated carbocycles. The number of carbonyl (C=O) groups is 3. The van der Waals surface area contributed by atoms with Crippen LogP contribution in [-0.4, -0.2) is 202 Å². The third-order valence-corrected chi connectivity index (χ3v) is 28.5. The predicted octanol–water partition coefficient (Wildman–Crippen LogP) is 8.23. The van der Waals surface area contributed by atoms with Gasteiger partial charge in [0.15, 0.2) is 57.6 Å². The monoisotopic (exact) mass is 1490 g/mol. The van der Waals surface area contributed by atoms with Gasteiger partial charge in [0.2, 0.25) is 13.6 Å². The SMILES string of the molecule is COc1c(C)cc2c(c1O)[C@@H]1C3[C@@H]4SC[C@]5(NCCc6c5[nH]c5ccccc65)C(=O)COC[C@@H](c5c6c(c(C)c(O)c54)OCO6)N3[C@@H](O)[C@H](C2)N1C.COc1c(C)cc2c(c1O)[C@@H]1C3[C@@H]4SC[C@]5(NCCc6c5[nH]c5ccccc65)C(=O)COC[C@@H](c5c6c(c(C)c(OC(C)=O)c54)OCO6)N3[C@@H](O)[C@H](C2)N1C. The van der Waals surface area contributed by atoms with Gasteiger partial charge in [-0.1, -0.05) is 48.5 Å². The van der Waals surface area contributed by atoms with Crippen LogP contribution in [-0.2, 0) is 60.6 Å². The van der Waals surface area contributed by atoms with E-state index < -0.39 is 76.3 Å². The van der Waals surface area contributed by atoms with Gasteiger partial charge in [0.05, 0.1) is 74.2 Å². The molecular formula is C80H86N8O17S2. The van der Waals surface area contributed by atoms with E-state index in [1.807, 2.05) is 78.2 Å². The lowest BCUT2D eigenvalue weighted by Crippen LogP contribution is -2.69. The molecule has 25 nitrogen and oxygen atoms in total. The molecule has 4 saturated heterocycles. The maximum atomic E-state index is 14.8. The van der Waals surface area contributed by atoms with Crippen molar-refractivity contribution in [2.45, 2.75) is 143 Å². The number of para-hydroxylation sites is 2. The molecule has 6 aromatic carbocycles. The molecule has 2 spiro atoms. The molecule has 2 aromatic heterocycles. The summed E-state index contributed by atoms with van der Waals surface area (Å²) < 4.78 is 55.1. The van der Waals surface area contributed by atoms with Crippen molar-refractivity contribution < 1.29 is 82.5 Å². The Bertz CT molecular complexity index is 5120. The number of benzene rings is 6. The number of aromatic hydroxyl groups is 3. The van der Waals surface area contributed by atoms with Crippen LogP contribution in [0.5, 0.6) is 57.5 Å². The van der Waals surface area contributed by atoms with E-state index in [1.165, 1.54) is 6.92 Å². The molecule has 107 heavy (non-hydrogen) atoms. The molecule has 2 unspecified atom stereocenters. The van der Waals surface area contributed by atoms with E-state index in [9.17, 15) is 39.9 Å². The first-order valence-corrected chi connectivity index (χ1v) is 38.9. The van der Waals surface area contributed by atoms with Gasteiger partial charge in [-0.3, -0.25) is 44.6 Å². The van der Waals surface area contributed by atoms with Gasteiger partial charge in [-0.05, 0) is 113 Å². The molecule has 14 aliphatic rings. The van der Waals surface area contributed by atoms with Crippen molar-refractivity contribution >= 4 is 62.9 Å². The molecule has 0 radical (unpaired) electrons. The summed E-state index contributed by atoms with van der Waals surface area (Å²) in [6.07, 6.45) is 0.586. The average molecular weight is 1500 g/mol. The van der Waals surface area contributed by atoms with Crippen LogP contribution < -0.4 is 43.8 Å². The second-order valence-electron chi connectivity index (χ2n) is 30.7. The van der Waals surface area contributed by atoms with Gasteiger partial charge in [-0.2, -0.15) is 0 Å². The molecular weight excluding hydrogens is 1410 g/mol. The smallest absolute Gasteiger partial charge is 0.308 e. The third-order valence-electron chi connectivity index (χ3n) is 25.6. The van der Waals surface area contributed by atoms with Crippen molar-refractivity contribution in [3.63, 3.8) is 0 Å². The Hall–Kier alpha value is -8.29. The lowest BCUT2D eigenvalue weighted by Gasteiger charge is -2.61. The first-order valence-electron chi connectivity index (χ1n) is 36.8. The number of aromatic nitrogens is 2. The van der Waals surface area contributed by atoms with E-state index in [0.717, 1.165) is 96.1 Å². The van der Waals surface area contributed by atoms with Gasteiger partial charge in [0, 0.05) is 121 Å². The summed E-state index contributed by atoms with van der Waals surface area (Å²) in [6.45, 7) is 9.83. The highest BCUT2D eigenvalue weighted by molar-refractivity contribution is 7.99. The van der Waals surface area contributed by atoms with Gasteiger partial charge < -0.3 is 78.1 Å². The highest BCUT2D eigenvalue weighted by Gasteiger charge is 2.64. The van der Waals surface area contributed by atoms with Gasteiger partial charge in [0.1, 0.15) is 48.2 Å². The van der Waals surface area contributed by atoms with Crippen molar-refractivity contribution in [1.82, 2.24) is 40.2 Å². The lowest BCUT2D eigenvalue weighted by atomic mass is 9.73. The molecule has 16 heterocycles. The number of nitrogens with one attached hydrogen (secondary N) is 4. The Balaban J connectivity index is 0.000000146. The number of Topliss-reactive ketones (excluding diaryl/α,β-unsaturated/α-hetero) is 2. The number of hydrogen-bond donors (Lipinski definition) is 9. The van der Waals surface area contributed by atoms with Crippen LogP contribution in [0.4, 0.5) is 0 Å². The molecule has 14 atom stereocenters. The van der Waals surface area contributed by atoms with Crippen molar-refractivity contribution in [1.29, 1.82) is 0 Å². The number of nitrogens with zero attached hydrogens (tertiary/aromatic N) is 4. The molecule has 4 fully saturated rings. The third kappa shape index (κ3) is 9.70. The summed E-state index contributed by atoms with van der Waals surface area (Å²) in [5.74, 6) is 3.40. The molecule has 14 aliphatic heterocycles. The van der Waals surface area contributed by atoms with Crippen molar-refractivity contribution in [2.75, 3.05) is 92.9 Å². The molecule has 0 aliphatic carbocycles. The number of aryl methyl sites for hydroxylation is 2. The lowest BCUT2D eigenvalue weighted by molar-refractivity contribution is -0.181. The zero-order valence-electron chi connectivity index (χ0n) is 60.8. The summed E-state index contributed by atoms with van der Waals surface area (Å²) in [6, 6.07) is 16.6. The second kappa shape index (κ2) is 25.4. The van der Waals surface area contributed by atoms with Crippen molar-refractivity contribution in [2.24, 2.45) is 0 Å². The Kier molecular flexibility index (Phi) is 16.4. The first-order chi connectivity index (χ1) is 51.7. The van der Waals surface area contributed by atoms with Crippen LogP contribution in [0, 0.1) is 27.7 Å². The van der Waals surface area contributed by atoms with Gasteiger partial charge >= 0.3 is 5.97 Å². The molecule has 8 bridgehead atoms. The Labute approximate surface area is 625 Å². The van der Waals surface area contributed by atoms with Crippen LogP contribution in [0.25, 0.3) is 21.8 Å². The number of phenols is 3. The van der Waals surface area contributed by atoms with E-state index in [1.54, 1.807) is 37.7 Å². The van der Waals surface area contributed by atoms with E-state index in [4.69, 9.17) is 42.6 Å². The Morgan fingerprint density at radius 3 is 1.48 bits per heavy atom. The number of carbonyl (C=O) groups excluding carboxylic acids is 3. The summed E-state index contributed by atoms with van der Waals surface area (Å²) in [5, 5.41) is 70.0. The fraction of sp³-hybridized carbons (Fsp3) is 0.463. The quantitative estimate of drug-likeness (QED) is 0.0594. The second-order valence-corrected chi connectivity index (χ2v) is 32.9. The zero-order chi connectivity index (χ0) is 73.9. The van der Waals surface area contributed by atoms with E-state index in [2.05, 4.69) is 64.5 Å². The number of esters is 1. The van der Waals surface area contributed by atoms with Gasteiger partial charge in [0.25, 0.3) is 0 Å². The predicted molar refractivity (Wildman–Crippen MR) is 397 cm³/mol. The van der Waals surface area contributed by atoms with Gasteiger partial charge in [-0.25, -0.2) is 0 Å². The van der Waals surface area contributed by atoms with Crippen molar-refractivity contribution in [3.05, 3.63) is 150 Å². The number of aliphatic hydroxyl groups excluding tert-OH is 2. The number of fused-ring (bicyclic) bond motifs is 24. The molecule has 9 N–H and O–H groups in total. The molecule has 22 rings (SSSR count). The van der Waals surface area contributed by atoms with Crippen LogP contribution in [0.2, 0.25) is 0 Å². The van der Waals surface area contributed by atoms with Crippen molar-refractivity contribution in [3.8, 4) is 57.5 Å².